The van der Waals surface area contributed by atoms with E-state index in [4.69, 9.17) is 0 Å². The van der Waals surface area contributed by atoms with Gasteiger partial charge in [0.15, 0.2) is 0 Å². The van der Waals surface area contributed by atoms with Crippen molar-refractivity contribution in [3.8, 4) is 0 Å². The molecule has 1 atom stereocenters. The van der Waals surface area contributed by atoms with Crippen molar-refractivity contribution in [2.24, 2.45) is 11.8 Å². The minimum atomic E-state index is -1.18. The summed E-state index contributed by atoms with van der Waals surface area (Å²) in [7, 11) is 0. The summed E-state index contributed by atoms with van der Waals surface area (Å²) in [6, 6.07) is 3.85. The van der Waals surface area contributed by atoms with E-state index in [1.807, 2.05) is 27.7 Å². The molecule has 0 heterocycles. The number of hydrogen-bond donors (Lipinski definition) is 4. The lowest BCUT2D eigenvalue weighted by molar-refractivity contribution is -0.384. The van der Waals surface area contributed by atoms with Gasteiger partial charge in [-0.25, -0.2) is 4.79 Å². The number of carbonyl (C=O) groups is 5. The Hall–Kier alpha value is -4.11. The molecule has 0 fully saturated rings. The molecule has 0 aromatic heterocycles. The van der Waals surface area contributed by atoms with E-state index in [9.17, 15) is 49.4 Å². The molecule has 0 radical (unpaired) electrons. The number of non-ortho nitro benzene ring substituents is 1. The third kappa shape index (κ3) is 13.2. The number of nitro groups is 1. The summed E-state index contributed by atoms with van der Waals surface area (Å²) in [5, 5.41) is 41.7. The molecule has 0 unspecified atom stereocenters. The molecule has 0 bridgehead atoms. The first-order valence-corrected chi connectivity index (χ1v) is 14.0. The van der Waals surface area contributed by atoms with Gasteiger partial charge in [0.2, 0.25) is 17.7 Å². The van der Waals surface area contributed by atoms with Crippen molar-refractivity contribution >= 4 is 35.3 Å². The molecule has 240 valence electrons. The molecule has 1 aromatic carbocycles. The molecule has 4 amide bonds. The first kappa shape index (κ1) is 36.9. The SMILES string of the molecule is CC(C)C[C@H](NC(=O)CCN(CCO)C(=O)CN(CCO)C(=O)CN(CC(C)C)C(=O)c1ccc([N+](=O)[O-])cc1)C(=O)O. The van der Waals surface area contributed by atoms with Crippen LogP contribution < -0.4 is 5.32 Å². The van der Waals surface area contributed by atoms with Crippen LogP contribution in [0.1, 0.15) is 50.9 Å². The number of benzene rings is 1. The molecule has 0 saturated carbocycles. The quantitative estimate of drug-likeness (QED) is 0.125. The lowest BCUT2D eigenvalue weighted by Gasteiger charge is -2.30. The van der Waals surface area contributed by atoms with Gasteiger partial charge in [-0.1, -0.05) is 27.7 Å². The number of carbonyl (C=O) groups excluding carboxylic acids is 4. The summed E-state index contributed by atoms with van der Waals surface area (Å²) in [5.74, 6) is -3.61. The number of amides is 4. The van der Waals surface area contributed by atoms with E-state index in [1.54, 1.807) is 0 Å². The van der Waals surface area contributed by atoms with Crippen LogP contribution >= 0.6 is 0 Å². The number of nitro benzene ring substituents is 1. The smallest absolute Gasteiger partial charge is 0.326 e. The number of aliphatic carboxylic acids is 1. The summed E-state index contributed by atoms with van der Waals surface area (Å²) >= 11 is 0. The Morgan fingerprint density at radius 2 is 1.37 bits per heavy atom. The van der Waals surface area contributed by atoms with Crippen LogP contribution in [0.15, 0.2) is 24.3 Å². The zero-order valence-corrected chi connectivity index (χ0v) is 25.1. The molecule has 4 N–H and O–H groups in total. The monoisotopic (exact) mass is 609 g/mol. The van der Waals surface area contributed by atoms with Crippen LogP contribution in [0.4, 0.5) is 5.69 Å². The highest BCUT2D eigenvalue weighted by Crippen LogP contribution is 2.15. The number of hydrogen-bond acceptors (Lipinski definition) is 9. The second-order valence-corrected chi connectivity index (χ2v) is 10.9. The molecule has 0 aliphatic carbocycles. The van der Waals surface area contributed by atoms with Gasteiger partial charge in [-0.3, -0.25) is 29.3 Å². The highest BCUT2D eigenvalue weighted by molar-refractivity contribution is 5.97. The number of carboxylic acids is 1. The summed E-state index contributed by atoms with van der Waals surface area (Å²) in [4.78, 5) is 77.2. The number of aliphatic hydroxyl groups excluding tert-OH is 2. The number of rotatable bonds is 19. The average molecular weight is 610 g/mol. The molecule has 15 nitrogen and oxygen atoms in total. The molecular formula is C28H43N5O10. The standard InChI is InChI=1S/C28H43N5O10/c1-19(2)15-23(28(40)41)29-24(36)9-10-30(11-13-34)25(37)17-31(12-14-35)26(38)18-32(16-20(3)4)27(39)21-5-7-22(8-6-21)33(42)43/h5-8,19-20,23,34-35H,9-18H2,1-4H3,(H,29,36)(H,40,41)/t23-/m0/s1. The fourth-order valence-electron chi connectivity index (χ4n) is 4.19. The zero-order valence-electron chi connectivity index (χ0n) is 25.1. The number of aliphatic hydroxyl groups is 2. The van der Waals surface area contributed by atoms with Gasteiger partial charge < -0.3 is 35.3 Å². The Morgan fingerprint density at radius 3 is 1.86 bits per heavy atom. The first-order valence-electron chi connectivity index (χ1n) is 14.0. The topological polar surface area (TPSA) is 211 Å². The van der Waals surface area contributed by atoms with Gasteiger partial charge in [0.05, 0.1) is 24.7 Å². The predicted molar refractivity (Wildman–Crippen MR) is 155 cm³/mol. The van der Waals surface area contributed by atoms with Crippen LogP contribution in [0.2, 0.25) is 0 Å². The van der Waals surface area contributed by atoms with Crippen molar-refractivity contribution in [2.75, 3.05) is 52.5 Å². The lowest BCUT2D eigenvalue weighted by atomic mass is 10.0. The normalized spacial score (nSPS) is 11.6. The second kappa shape index (κ2) is 18.4. The number of carboxylic acid groups (broad SMARTS) is 1. The van der Waals surface area contributed by atoms with Crippen LogP contribution in [-0.2, 0) is 19.2 Å². The van der Waals surface area contributed by atoms with Gasteiger partial charge >= 0.3 is 5.97 Å². The minimum absolute atomic E-state index is 0.0183. The molecular weight excluding hydrogens is 566 g/mol. The summed E-state index contributed by atoms with van der Waals surface area (Å²) in [5.41, 5.74) is -0.0624. The number of nitrogens with zero attached hydrogens (tertiary/aromatic N) is 4. The third-order valence-corrected chi connectivity index (χ3v) is 6.24. The molecule has 1 rings (SSSR count). The fraction of sp³-hybridized carbons (Fsp3) is 0.607. The van der Waals surface area contributed by atoms with E-state index in [-0.39, 0.29) is 62.1 Å². The highest BCUT2D eigenvalue weighted by atomic mass is 16.6. The Kier molecular flexibility index (Phi) is 15.8. The van der Waals surface area contributed by atoms with E-state index in [1.165, 1.54) is 29.2 Å². The maximum Gasteiger partial charge on any atom is 0.326 e. The van der Waals surface area contributed by atoms with Crippen LogP contribution in [0.3, 0.4) is 0 Å². The van der Waals surface area contributed by atoms with Crippen molar-refractivity contribution in [2.45, 2.75) is 46.6 Å². The van der Waals surface area contributed by atoms with Crippen molar-refractivity contribution in [1.82, 2.24) is 20.0 Å². The average Bonchev–Trinajstić information content (AvgIpc) is 2.93. The fourth-order valence-corrected chi connectivity index (χ4v) is 4.19. The molecule has 0 aliphatic rings. The van der Waals surface area contributed by atoms with Crippen LogP contribution in [0.25, 0.3) is 0 Å². The van der Waals surface area contributed by atoms with Gasteiger partial charge in [-0.15, -0.1) is 0 Å². The van der Waals surface area contributed by atoms with E-state index in [0.29, 0.717) is 0 Å². The molecule has 43 heavy (non-hydrogen) atoms. The van der Waals surface area contributed by atoms with E-state index < -0.39 is 66.9 Å². The second-order valence-electron chi connectivity index (χ2n) is 10.9. The molecule has 15 heteroatoms. The van der Waals surface area contributed by atoms with Gasteiger partial charge in [-0.2, -0.15) is 0 Å². The van der Waals surface area contributed by atoms with Crippen LogP contribution in [0, 0.1) is 22.0 Å². The Morgan fingerprint density at radius 1 is 0.837 bits per heavy atom. The Labute approximate surface area is 250 Å². The van der Waals surface area contributed by atoms with Crippen molar-refractivity contribution in [3.05, 3.63) is 39.9 Å². The highest BCUT2D eigenvalue weighted by Gasteiger charge is 2.27. The van der Waals surface area contributed by atoms with Crippen molar-refractivity contribution in [1.29, 1.82) is 0 Å². The summed E-state index contributed by atoms with van der Waals surface area (Å²) in [6.45, 7) is 5.08. The van der Waals surface area contributed by atoms with E-state index in [0.717, 1.165) is 9.80 Å². The molecule has 0 saturated heterocycles. The molecule has 0 spiro atoms. The maximum atomic E-state index is 13.3. The lowest BCUT2D eigenvalue weighted by Crippen LogP contribution is -2.50. The largest absolute Gasteiger partial charge is 0.480 e. The van der Waals surface area contributed by atoms with Gasteiger partial charge in [0.1, 0.15) is 12.6 Å². The van der Waals surface area contributed by atoms with Crippen molar-refractivity contribution in [3.63, 3.8) is 0 Å². The minimum Gasteiger partial charge on any atom is -0.480 e. The van der Waals surface area contributed by atoms with Gasteiger partial charge in [0, 0.05) is 50.3 Å². The zero-order chi connectivity index (χ0) is 32.7. The Balaban J connectivity index is 2.98. The van der Waals surface area contributed by atoms with Crippen molar-refractivity contribution < 1.29 is 44.2 Å². The van der Waals surface area contributed by atoms with E-state index in [2.05, 4.69) is 5.32 Å². The van der Waals surface area contributed by atoms with Gasteiger partial charge in [0.25, 0.3) is 11.6 Å². The first-order chi connectivity index (χ1) is 20.2. The molecule has 1 aromatic rings. The summed E-state index contributed by atoms with van der Waals surface area (Å²) < 4.78 is 0. The van der Waals surface area contributed by atoms with Crippen LogP contribution in [0.5, 0.6) is 0 Å². The number of nitrogens with one attached hydrogen (secondary N) is 1. The van der Waals surface area contributed by atoms with Gasteiger partial charge in [-0.05, 0) is 30.4 Å². The molecule has 0 aliphatic heterocycles. The summed E-state index contributed by atoms with van der Waals surface area (Å²) in [6.07, 6.45) is -0.0213. The predicted octanol–water partition coefficient (Wildman–Crippen LogP) is 0.340. The Bertz CT molecular complexity index is 1110. The maximum absolute atomic E-state index is 13.3. The van der Waals surface area contributed by atoms with Crippen LogP contribution in [-0.4, -0.2) is 123 Å². The van der Waals surface area contributed by atoms with E-state index >= 15 is 0 Å². The third-order valence-electron chi connectivity index (χ3n) is 6.24.